The van der Waals surface area contributed by atoms with Gasteiger partial charge < -0.3 is 16.2 Å². The summed E-state index contributed by atoms with van der Waals surface area (Å²) in [5, 5.41) is 11.1. The van der Waals surface area contributed by atoms with Crippen LogP contribution >= 0.6 is 0 Å². The van der Waals surface area contributed by atoms with Crippen molar-refractivity contribution >= 4 is 11.9 Å². The topological polar surface area (TPSA) is 92.4 Å². The van der Waals surface area contributed by atoms with Crippen molar-refractivity contribution in [2.24, 2.45) is 11.6 Å². The molecule has 0 bridgehead atoms. The van der Waals surface area contributed by atoms with Crippen LogP contribution in [0.15, 0.2) is 0 Å². The summed E-state index contributed by atoms with van der Waals surface area (Å²) in [6, 6.07) is -1.62. The quantitative estimate of drug-likeness (QED) is 0.546. The summed E-state index contributed by atoms with van der Waals surface area (Å²) in [6.45, 7) is 4.90. The number of hydrogen-bond donors (Lipinski definition) is 3. The number of carbonyl (C=O) groups is 2. The number of carbonyl (C=O) groups excluding carboxylic acids is 1. The van der Waals surface area contributed by atoms with E-state index in [0.29, 0.717) is 0 Å². The maximum Gasteiger partial charge on any atom is 0.326 e. The first-order valence-electron chi connectivity index (χ1n) is 4.60. The highest BCUT2D eigenvalue weighted by molar-refractivity contribution is 5.86. The molecule has 0 aliphatic carbocycles. The molecule has 0 fully saturated rings. The van der Waals surface area contributed by atoms with Gasteiger partial charge in [0.1, 0.15) is 7.45 Å². The van der Waals surface area contributed by atoms with Crippen molar-refractivity contribution in [1.29, 1.82) is 0 Å². The smallest absolute Gasteiger partial charge is 0.326 e. The SMILES string of the molecule is [2H]N[C@H](C)C(=O)N[C@H](C(=O)O)C(C)C. The van der Waals surface area contributed by atoms with E-state index in [1.807, 2.05) is 5.73 Å². The standard InChI is InChI=1S/C8H16N2O3/c1-4(2)6(8(12)13)10-7(11)5(3)9/h4-6H,9H2,1-3H3,(H,10,11)(H,12,13)/t5-,6+/m1/s1/i/hD. The molecular weight excluding hydrogens is 172 g/mol. The Balaban J connectivity index is 4.31. The molecule has 0 spiro atoms. The Morgan fingerprint density at radius 3 is 2.31 bits per heavy atom. The van der Waals surface area contributed by atoms with Crippen LogP contribution in [0.3, 0.4) is 0 Å². The molecule has 0 radical (unpaired) electrons. The summed E-state index contributed by atoms with van der Waals surface area (Å²) < 4.78 is 6.74. The molecule has 1 amide bonds. The van der Waals surface area contributed by atoms with Gasteiger partial charge in [-0.15, -0.1) is 0 Å². The van der Waals surface area contributed by atoms with E-state index in [1.54, 1.807) is 13.8 Å². The van der Waals surface area contributed by atoms with Gasteiger partial charge in [0.15, 0.2) is 0 Å². The van der Waals surface area contributed by atoms with Gasteiger partial charge >= 0.3 is 5.97 Å². The second kappa shape index (κ2) is 4.81. The minimum atomic E-state index is -1.06. The number of hydrogen-bond acceptors (Lipinski definition) is 3. The van der Waals surface area contributed by atoms with Gasteiger partial charge in [-0.05, 0) is 12.8 Å². The molecule has 0 rings (SSSR count). The molecule has 0 heterocycles. The largest absolute Gasteiger partial charge is 0.480 e. The lowest BCUT2D eigenvalue weighted by Gasteiger charge is -2.18. The summed E-state index contributed by atoms with van der Waals surface area (Å²) >= 11 is 0. The van der Waals surface area contributed by atoms with E-state index in [1.165, 1.54) is 6.92 Å². The highest BCUT2D eigenvalue weighted by Crippen LogP contribution is 2.01. The molecule has 0 unspecified atom stereocenters. The van der Waals surface area contributed by atoms with E-state index in [4.69, 9.17) is 6.52 Å². The molecule has 0 aromatic carbocycles. The highest BCUT2D eigenvalue weighted by atomic mass is 16.4. The number of aliphatic carboxylic acids is 1. The monoisotopic (exact) mass is 189 g/mol. The first kappa shape index (κ1) is 9.98. The highest BCUT2D eigenvalue weighted by Gasteiger charge is 2.24. The fourth-order valence-electron chi connectivity index (χ4n) is 0.792. The van der Waals surface area contributed by atoms with Crippen LogP contribution in [0.4, 0.5) is 0 Å². The minimum absolute atomic E-state index is 0.186. The molecule has 13 heavy (non-hydrogen) atoms. The zero-order valence-corrected chi connectivity index (χ0v) is 8.00. The van der Waals surface area contributed by atoms with Crippen molar-refractivity contribution in [2.75, 3.05) is 0 Å². The minimum Gasteiger partial charge on any atom is -0.480 e. The molecule has 0 aliphatic rings. The zero-order valence-electron chi connectivity index (χ0n) is 9.00. The van der Waals surface area contributed by atoms with Crippen LogP contribution in [0.1, 0.15) is 20.8 Å². The summed E-state index contributed by atoms with van der Waals surface area (Å²) in [4.78, 5) is 21.9. The molecule has 2 atom stereocenters. The van der Waals surface area contributed by atoms with E-state index in [-0.39, 0.29) is 5.92 Å². The molecule has 76 valence electrons. The van der Waals surface area contributed by atoms with E-state index in [0.717, 1.165) is 0 Å². The fraction of sp³-hybridized carbons (Fsp3) is 0.750. The molecule has 0 aromatic rings. The van der Waals surface area contributed by atoms with E-state index in [9.17, 15) is 9.59 Å². The van der Waals surface area contributed by atoms with Gasteiger partial charge in [-0.25, -0.2) is 4.79 Å². The molecular formula is C8H16N2O3. The van der Waals surface area contributed by atoms with Gasteiger partial charge in [0, 0.05) is 0 Å². The maximum atomic E-state index is 11.2. The molecule has 4 N–H and O–H groups in total. The lowest BCUT2D eigenvalue weighted by atomic mass is 10.0. The van der Waals surface area contributed by atoms with Crippen LogP contribution in [0, 0.1) is 5.92 Å². The third kappa shape index (κ3) is 3.89. The van der Waals surface area contributed by atoms with Gasteiger partial charge in [0.05, 0.1) is 6.04 Å². The second-order valence-electron chi connectivity index (χ2n) is 3.29. The molecule has 0 saturated carbocycles. The number of rotatable bonds is 5. The molecule has 0 aromatic heterocycles. The number of nitrogens with one attached hydrogen (secondary N) is 1. The van der Waals surface area contributed by atoms with E-state index >= 15 is 0 Å². The van der Waals surface area contributed by atoms with Crippen LogP contribution < -0.4 is 11.0 Å². The lowest BCUT2D eigenvalue weighted by Crippen LogP contribution is -2.49. The summed E-state index contributed by atoms with van der Waals surface area (Å²) in [5.41, 5.74) is 1.99. The Bertz CT molecular complexity index is 221. The van der Waals surface area contributed by atoms with Crippen molar-refractivity contribution < 1.29 is 16.1 Å². The number of carboxylic acids is 1. The van der Waals surface area contributed by atoms with Gasteiger partial charge in [0.25, 0.3) is 0 Å². The summed E-state index contributed by atoms with van der Waals surface area (Å²) in [7, 11) is 0. The number of carboxylic acid groups (broad SMARTS) is 1. The van der Waals surface area contributed by atoms with Gasteiger partial charge in [-0.2, -0.15) is 0 Å². The Morgan fingerprint density at radius 2 is 2.00 bits per heavy atom. The van der Waals surface area contributed by atoms with Crippen LogP contribution in [0.5, 0.6) is 0 Å². The lowest BCUT2D eigenvalue weighted by molar-refractivity contribution is -0.143. The van der Waals surface area contributed by atoms with E-state index < -0.39 is 24.0 Å². The predicted octanol–water partition coefficient (Wildman–Crippen LogP) is -0.441. The van der Waals surface area contributed by atoms with Gasteiger partial charge in [-0.3, -0.25) is 4.79 Å². The third-order valence-electron chi connectivity index (χ3n) is 1.62. The molecule has 5 heteroatoms. The Hall–Kier alpha value is -1.10. The molecule has 5 nitrogen and oxygen atoms in total. The first-order valence-corrected chi connectivity index (χ1v) is 4.10. The Morgan fingerprint density at radius 1 is 1.46 bits per heavy atom. The Kier molecular flexibility index (Phi) is 3.70. The van der Waals surface area contributed by atoms with Gasteiger partial charge in [-0.1, -0.05) is 13.8 Å². The first-order chi connectivity index (χ1) is 6.40. The van der Waals surface area contributed by atoms with E-state index in [2.05, 4.69) is 5.32 Å². The summed E-state index contributed by atoms with van der Waals surface area (Å²) in [6.07, 6.45) is 0. The van der Waals surface area contributed by atoms with Crippen molar-refractivity contribution in [2.45, 2.75) is 32.9 Å². The van der Waals surface area contributed by atoms with Crippen molar-refractivity contribution in [3.8, 4) is 0 Å². The molecule has 0 saturated heterocycles. The second-order valence-corrected chi connectivity index (χ2v) is 3.29. The average Bonchev–Trinajstić information content (AvgIpc) is 2.11. The average molecular weight is 189 g/mol. The fourth-order valence-corrected chi connectivity index (χ4v) is 0.792. The zero-order chi connectivity index (χ0) is 11.3. The number of nitrogens with two attached hydrogens (primary N) is 1. The third-order valence-corrected chi connectivity index (χ3v) is 1.62. The van der Waals surface area contributed by atoms with Crippen molar-refractivity contribution in [3.63, 3.8) is 0 Å². The van der Waals surface area contributed by atoms with Crippen LogP contribution in [-0.2, 0) is 9.59 Å². The van der Waals surface area contributed by atoms with Crippen LogP contribution in [0.25, 0.3) is 0 Å². The summed E-state index contributed by atoms with van der Waals surface area (Å²) in [5.74, 6) is -1.74. The Labute approximate surface area is 78.8 Å². The van der Waals surface area contributed by atoms with Gasteiger partial charge in [0.2, 0.25) is 5.91 Å². The predicted molar refractivity (Wildman–Crippen MR) is 48.1 cm³/mol. The molecule has 0 aliphatic heterocycles. The van der Waals surface area contributed by atoms with Crippen molar-refractivity contribution in [1.82, 2.24) is 5.32 Å². The van der Waals surface area contributed by atoms with Crippen molar-refractivity contribution in [3.05, 3.63) is 0 Å². The van der Waals surface area contributed by atoms with Crippen LogP contribution in [-0.4, -0.2) is 29.1 Å². The normalized spacial score (nSPS) is 16.2. The maximum absolute atomic E-state index is 11.2. The van der Waals surface area contributed by atoms with Crippen LogP contribution in [0.2, 0.25) is 1.41 Å². The number of amides is 1.